The van der Waals surface area contributed by atoms with Crippen LogP contribution in [-0.2, 0) is 13.0 Å². The second-order valence-electron chi connectivity index (χ2n) is 6.86. The van der Waals surface area contributed by atoms with E-state index < -0.39 is 0 Å². The van der Waals surface area contributed by atoms with Gasteiger partial charge in [0.2, 0.25) is 0 Å². The number of nitrogens with zero attached hydrogens (tertiary/aromatic N) is 1. The van der Waals surface area contributed by atoms with Gasteiger partial charge in [-0.3, -0.25) is 4.79 Å². The molecule has 4 nitrogen and oxygen atoms in total. The Morgan fingerprint density at radius 2 is 2.07 bits per heavy atom. The van der Waals surface area contributed by atoms with Gasteiger partial charge in [-0.15, -0.1) is 0 Å². The summed E-state index contributed by atoms with van der Waals surface area (Å²) in [6.07, 6.45) is 2.66. The van der Waals surface area contributed by atoms with Crippen LogP contribution in [0.4, 0.5) is 4.39 Å². The fraction of sp³-hybridized carbons (Fsp3) is 0.318. The third-order valence-corrected chi connectivity index (χ3v) is 4.54. The molecule has 0 radical (unpaired) electrons. The van der Waals surface area contributed by atoms with Gasteiger partial charge in [0.1, 0.15) is 23.9 Å². The number of halogens is 1. The topological polar surface area (TPSA) is 38.8 Å². The van der Waals surface area contributed by atoms with E-state index in [0.717, 1.165) is 16.7 Å². The third-order valence-electron chi connectivity index (χ3n) is 4.54. The van der Waals surface area contributed by atoms with Crippen LogP contribution in [0.5, 0.6) is 11.5 Å². The Morgan fingerprint density at radius 1 is 1.26 bits per heavy atom. The Hall–Kier alpha value is -2.82. The molecular formula is C22H24FNO3. The molecule has 3 rings (SSSR count). The number of benzene rings is 2. The van der Waals surface area contributed by atoms with E-state index in [4.69, 9.17) is 9.47 Å². The first-order valence-electron chi connectivity index (χ1n) is 8.98. The molecule has 5 heteroatoms. The number of carbonyl (C=O) groups is 1. The Kier molecular flexibility index (Phi) is 5.79. The summed E-state index contributed by atoms with van der Waals surface area (Å²) in [7, 11) is 1.60. The molecule has 0 spiro atoms. The second-order valence-corrected chi connectivity index (χ2v) is 6.86. The number of carbonyl (C=O) groups excluding carboxylic acids is 1. The molecule has 1 heterocycles. The van der Waals surface area contributed by atoms with E-state index in [1.165, 1.54) is 12.1 Å². The van der Waals surface area contributed by atoms with Gasteiger partial charge >= 0.3 is 0 Å². The first-order valence-corrected chi connectivity index (χ1v) is 8.98. The summed E-state index contributed by atoms with van der Waals surface area (Å²) >= 11 is 0. The molecular weight excluding hydrogens is 345 g/mol. The molecule has 1 amide bonds. The van der Waals surface area contributed by atoms with Crippen LogP contribution in [0, 0.1) is 5.82 Å². The molecule has 1 aliphatic rings. The number of hydrogen-bond acceptors (Lipinski definition) is 3. The number of allylic oxidation sites excluding steroid dienone is 1. The molecule has 0 atom stereocenters. The van der Waals surface area contributed by atoms with Gasteiger partial charge in [0.25, 0.3) is 5.91 Å². The van der Waals surface area contributed by atoms with Crippen LogP contribution in [0.15, 0.2) is 48.0 Å². The molecule has 0 N–H and O–H groups in total. The van der Waals surface area contributed by atoms with E-state index in [-0.39, 0.29) is 11.7 Å². The maximum Gasteiger partial charge on any atom is 0.258 e. The van der Waals surface area contributed by atoms with Crippen molar-refractivity contribution in [1.29, 1.82) is 0 Å². The van der Waals surface area contributed by atoms with Crippen molar-refractivity contribution in [3.05, 3.63) is 70.6 Å². The van der Waals surface area contributed by atoms with E-state index in [1.54, 1.807) is 24.1 Å². The summed E-state index contributed by atoms with van der Waals surface area (Å²) in [5.41, 5.74) is 3.40. The normalized spacial score (nSPS) is 13.2. The Labute approximate surface area is 159 Å². The predicted molar refractivity (Wildman–Crippen MR) is 103 cm³/mol. The average Bonchev–Trinajstić information content (AvgIpc) is 2.63. The van der Waals surface area contributed by atoms with Gasteiger partial charge < -0.3 is 14.4 Å². The number of methoxy groups -OCH3 is 1. The standard InChI is InChI=1S/C22H24FNO3/c1-15(2)8-10-27-20-13-19(26-3)12-17-7-9-24(22(25)21(17)20)14-16-5-4-6-18(23)11-16/h4-6,8,11-13H,7,9-10,14H2,1-3H3. The fourth-order valence-corrected chi connectivity index (χ4v) is 3.14. The van der Waals surface area contributed by atoms with Crippen molar-refractivity contribution in [3.8, 4) is 11.5 Å². The Morgan fingerprint density at radius 3 is 2.78 bits per heavy atom. The van der Waals surface area contributed by atoms with Crippen LogP contribution < -0.4 is 9.47 Å². The number of rotatable bonds is 6. The van der Waals surface area contributed by atoms with Gasteiger partial charge in [0.15, 0.2) is 0 Å². The van der Waals surface area contributed by atoms with Gasteiger partial charge in [-0.1, -0.05) is 17.7 Å². The molecule has 0 saturated heterocycles. The highest BCUT2D eigenvalue weighted by molar-refractivity contribution is 5.99. The first kappa shape index (κ1) is 19.0. The van der Waals surface area contributed by atoms with Crippen molar-refractivity contribution in [2.24, 2.45) is 0 Å². The van der Waals surface area contributed by atoms with E-state index in [1.807, 2.05) is 32.1 Å². The molecule has 2 aromatic rings. The lowest BCUT2D eigenvalue weighted by molar-refractivity contribution is 0.0722. The van der Waals surface area contributed by atoms with Gasteiger partial charge in [0.05, 0.1) is 12.7 Å². The highest BCUT2D eigenvalue weighted by Gasteiger charge is 2.29. The van der Waals surface area contributed by atoms with E-state index >= 15 is 0 Å². The SMILES string of the molecule is COc1cc2c(c(OCC=C(C)C)c1)C(=O)N(Cc1cccc(F)c1)CC2. The molecule has 1 aliphatic heterocycles. The minimum Gasteiger partial charge on any atom is -0.497 e. The van der Waals surface area contributed by atoms with Gasteiger partial charge in [0, 0.05) is 19.2 Å². The van der Waals surface area contributed by atoms with Crippen molar-refractivity contribution in [1.82, 2.24) is 4.90 Å². The van der Waals surface area contributed by atoms with Crippen molar-refractivity contribution in [2.75, 3.05) is 20.3 Å². The van der Waals surface area contributed by atoms with Crippen molar-refractivity contribution < 1.29 is 18.7 Å². The highest BCUT2D eigenvalue weighted by atomic mass is 19.1. The summed E-state index contributed by atoms with van der Waals surface area (Å²) < 4.78 is 24.7. The molecule has 0 fully saturated rings. The minimum atomic E-state index is -0.298. The van der Waals surface area contributed by atoms with Gasteiger partial charge in [-0.2, -0.15) is 0 Å². The monoisotopic (exact) mass is 369 g/mol. The largest absolute Gasteiger partial charge is 0.497 e. The molecule has 0 aliphatic carbocycles. The summed E-state index contributed by atoms with van der Waals surface area (Å²) in [5, 5.41) is 0. The van der Waals surface area contributed by atoms with E-state index in [0.29, 0.717) is 43.2 Å². The fourth-order valence-electron chi connectivity index (χ4n) is 3.14. The molecule has 0 saturated carbocycles. The first-order chi connectivity index (χ1) is 13.0. The van der Waals surface area contributed by atoms with Crippen LogP contribution >= 0.6 is 0 Å². The molecule has 0 aromatic heterocycles. The lowest BCUT2D eigenvalue weighted by Crippen LogP contribution is -2.37. The average molecular weight is 369 g/mol. The number of fused-ring (bicyclic) bond motifs is 1. The maximum atomic E-state index is 13.5. The van der Waals surface area contributed by atoms with E-state index in [2.05, 4.69) is 0 Å². The predicted octanol–water partition coefficient (Wildman–Crippen LogP) is 4.38. The van der Waals surface area contributed by atoms with Crippen LogP contribution in [0.25, 0.3) is 0 Å². The molecule has 142 valence electrons. The number of hydrogen-bond donors (Lipinski definition) is 0. The zero-order valence-electron chi connectivity index (χ0n) is 15.9. The maximum absolute atomic E-state index is 13.5. The minimum absolute atomic E-state index is 0.102. The van der Waals surface area contributed by atoms with Gasteiger partial charge in [-0.05, 0) is 55.7 Å². The quantitative estimate of drug-likeness (QED) is 0.710. The van der Waals surface area contributed by atoms with Crippen LogP contribution in [-0.4, -0.2) is 31.1 Å². The lowest BCUT2D eigenvalue weighted by Gasteiger charge is -2.30. The third kappa shape index (κ3) is 4.48. The molecule has 27 heavy (non-hydrogen) atoms. The molecule has 0 unspecified atom stereocenters. The van der Waals surface area contributed by atoms with Crippen molar-refractivity contribution in [3.63, 3.8) is 0 Å². The van der Waals surface area contributed by atoms with E-state index in [9.17, 15) is 9.18 Å². The Balaban J connectivity index is 1.89. The van der Waals surface area contributed by atoms with Crippen LogP contribution in [0.3, 0.4) is 0 Å². The summed E-state index contributed by atoms with van der Waals surface area (Å²) in [4.78, 5) is 14.9. The van der Waals surface area contributed by atoms with Crippen LogP contribution in [0.2, 0.25) is 0 Å². The highest BCUT2D eigenvalue weighted by Crippen LogP contribution is 2.33. The van der Waals surface area contributed by atoms with Gasteiger partial charge in [-0.25, -0.2) is 4.39 Å². The number of ether oxygens (including phenoxy) is 2. The second kappa shape index (κ2) is 8.25. The van der Waals surface area contributed by atoms with Crippen molar-refractivity contribution >= 4 is 5.91 Å². The summed E-state index contributed by atoms with van der Waals surface area (Å²) in [5.74, 6) is 0.798. The Bertz CT molecular complexity index is 872. The van der Waals surface area contributed by atoms with Crippen molar-refractivity contribution in [2.45, 2.75) is 26.8 Å². The molecule has 0 bridgehead atoms. The number of amides is 1. The zero-order chi connectivity index (χ0) is 19.4. The van der Waals surface area contributed by atoms with Crippen LogP contribution in [0.1, 0.15) is 35.3 Å². The molecule has 2 aromatic carbocycles. The zero-order valence-corrected chi connectivity index (χ0v) is 15.9. The lowest BCUT2D eigenvalue weighted by atomic mass is 9.97. The smallest absolute Gasteiger partial charge is 0.258 e. The summed E-state index contributed by atoms with van der Waals surface area (Å²) in [6, 6.07) is 9.99. The summed E-state index contributed by atoms with van der Waals surface area (Å²) in [6.45, 7) is 5.32.